The molecule has 4 rings (SSSR count). The SMILES string of the molecule is CN1C[C@H](CSc2nccn2C)CC2Cc3c(O)cccc3C[C@H]21. The van der Waals surface area contributed by atoms with E-state index < -0.39 is 0 Å². The third-order valence-electron chi connectivity index (χ3n) is 5.66. The Labute approximate surface area is 147 Å². The van der Waals surface area contributed by atoms with Crippen LogP contribution in [0.4, 0.5) is 0 Å². The van der Waals surface area contributed by atoms with Crippen LogP contribution in [0.25, 0.3) is 0 Å². The van der Waals surface area contributed by atoms with Crippen molar-refractivity contribution in [3.05, 3.63) is 41.7 Å². The lowest BCUT2D eigenvalue weighted by Gasteiger charge is -2.46. The number of likely N-dealkylation sites (tertiary alicyclic amines) is 1. The zero-order valence-electron chi connectivity index (χ0n) is 14.4. The van der Waals surface area contributed by atoms with E-state index in [1.165, 1.54) is 17.5 Å². The van der Waals surface area contributed by atoms with Crippen molar-refractivity contribution in [2.45, 2.75) is 30.5 Å². The molecule has 24 heavy (non-hydrogen) atoms. The topological polar surface area (TPSA) is 41.3 Å². The molecule has 0 bridgehead atoms. The van der Waals surface area contributed by atoms with Gasteiger partial charge >= 0.3 is 0 Å². The van der Waals surface area contributed by atoms with Gasteiger partial charge in [0.15, 0.2) is 5.16 Å². The number of thioether (sulfide) groups is 1. The van der Waals surface area contributed by atoms with Gasteiger partial charge in [0.1, 0.15) is 5.75 Å². The zero-order valence-corrected chi connectivity index (χ0v) is 15.2. The molecule has 1 aliphatic carbocycles. The lowest BCUT2D eigenvalue weighted by Crippen LogP contribution is -2.50. The summed E-state index contributed by atoms with van der Waals surface area (Å²) in [6.07, 6.45) is 7.21. The maximum atomic E-state index is 10.2. The Morgan fingerprint density at radius 3 is 2.96 bits per heavy atom. The Morgan fingerprint density at radius 1 is 1.29 bits per heavy atom. The van der Waals surface area contributed by atoms with Crippen LogP contribution in [0.1, 0.15) is 17.5 Å². The summed E-state index contributed by atoms with van der Waals surface area (Å²) >= 11 is 1.87. The molecule has 2 aromatic rings. The molecule has 1 fully saturated rings. The average molecular weight is 343 g/mol. The third kappa shape index (κ3) is 2.95. The molecule has 1 N–H and O–H groups in total. The Hall–Kier alpha value is -1.46. The van der Waals surface area contributed by atoms with Crippen LogP contribution in [-0.4, -0.2) is 44.9 Å². The molecular weight excluding hydrogens is 318 g/mol. The molecular formula is C19H25N3OS. The normalized spacial score (nSPS) is 26.8. The van der Waals surface area contributed by atoms with E-state index in [9.17, 15) is 5.11 Å². The molecule has 1 aromatic heterocycles. The first-order chi connectivity index (χ1) is 11.6. The first kappa shape index (κ1) is 16.0. The fraction of sp³-hybridized carbons (Fsp3) is 0.526. The number of phenolic OH excluding ortho intramolecular Hbond substituents is 1. The highest BCUT2D eigenvalue weighted by Gasteiger charge is 2.38. The summed E-state index contributed by atoms with van der Waals surface area (Å²) in [5.41, 5.74) is 2.52. The van der Waals surface area contributed by atoms with E-state index in [0.717, 1.165) is 30.3 Å². The highest BCUT2D eigenvalue weighted by molar-refractivity contribution is 7.99. The summed E-state index contributed by atoms with van der Waals surface area (Å²) in [4.78, 5) is 6.97. The number of fused-ring (bicyclic) bond motifs is 2. The minimum Gasteiger partial charge on any atom is -0.508 e. The van der Waals surface area contributed by atoms with Gasteiger partial charge in [0.2, 0.25) is 0 Å². The Morgan fingerprint density at radius 2 is 2.17 bits per heavy atom. The number of benzene rings is 1. The van der Waals surface area contributed by atoms with Gasteiger partial charge in [0.05, 0.1) is 0 Å². The molecule has 0 spiro atoms. The van der Waals surface area contributed by atoms with E-state index in [2.05, 4.69) is 34.6 Å². The standard InChI is InChI=1S/C19H25N3OS/c1-21-7-6-20-19(21)24-12-13-8-15-9-16-14(4-3-5-18(16)23)10-17(15)22(2)11-13/h3-7,13,15,17,23H,8-12H2,1-2H3/t13-,15?,17-/m1/s1. The van der Waals surface area contributed by atoms with Gasteiger partial charge in [-0.2, -0.15) is 0 Å². The number of likely N-dealkylation sites (N-methyl/N-ethyl adjacent to an activating group) is 1. The smallest absolute Gasteiger partial charge is 0.167 e. The van der Waals surface area contributed by atoms with E-state index in [1.54, 1.807) is 0 Å². The molecule has 1 unspecified atom stereocenters. The second-order valence-corrected chi connectivity index (χ2v) is 8.31. The molecule has 128 valence electrons. The van der Waals surface area contributed by atoms with Gasteiger partial charge in [0, 0.05) is 37.8 Å². The summed E-state index contributed by atoms with van der Waals surface area (Å²) in [5, 5.41) is 11.3. The highest BCUT2D eigenvalue weighted by atomic mass is 32.2. The second-order valence-electron chi connectivity index (χ2n) is 7.32. The number of hydrogen-bond donors (Lipinski definition) is 1. The van der Waals surface area contributed by atoms with Crippen LogP contribution in [0, 0.1) is 11.8 Å². The van der Waals surface area contributed by atoms with Gasteiger partial charge in [-0.1, -0.05) is 23.9 Å². The number of piperidine rings is 1. The van der Waals surface area contributed by atoms with Crippen molar-refractivity contribution < 1.29 is 5.11 Å². The van der Waals surface area contributed by atoms with Crippen LogP contribution in [0.3, 0.4) is 0 Å². The largest absolute Gasteiger partial charge is 0.508 e. The molecule has 0 amide bonds. The number of aromatic nitrogens is 2. The van der Waals surface area contributed by atoms with Crippen LogP contribution in [0.5, 0.6) is 5.75 Å². The number of aryl methyl sites for hydroxylation is 1. The number of aromatic hydroxyl groups is 1. The molecule has 1 aliphatic heterocycles. The summed E-state index contributed by atoms with van der Waals surface area (Å²) < 4.78 is 2.09. The maximum Gasteiger partial charge on any atom is 0.167 e. The van der Waals surface area contributed by atoms with Crippen LogP contribution in [0.2, 0.25) is 0 Å². The van der Waals surface area contributed by atoms with Crippen LogP contribution < -0.4 is 0 Å². The van der Waals surface area contributed by atoms with Crippen LogP contribution in [-0.2, 0) is 19.9 Å². The van der Waals surface area contributed by atoms with E-state index in [1.807, 2.05) is 36.3 Å². The average Bonchev–Trinajstić information content (AvgIpc) is 2.97. The van der Waals surface area contributed by atoms with Crippen molar-refractivity contribution in [1.82, 2.24) is 14.5 Å². The predicted octanol–water partition coefficient (Wildman–Crippen LogP) is 2.95. The molecule has 1 saturated heterocycles. The lowest BCUT2D eigenvalue weighted by atomic mass is 9.73. The van der Waals surface area contributed by atoms with Crippen molar-refractivity contribution in [3.63, 3.8) is 0 Å². The van der Waals surface area contributed by atoms with Crippen molar-refractivity contribution in [2.24, 2.45) is 18.9 Å². The molecule has 3 atom stereocenters. The monoisotopic (exact) mass is 343 g/mol. The Kier molecular flexibility index (Phi) is 4.31. The Bertz CT molecular complexity index is 729. The van der Waals surface area contributed by atoms with E-state index in [4.69, 9.17) is 0 Å². The molecule has 2 heterocycles. The number of rotatable bonds is 3. The van der Waals surface area contributed by atoms with Crippen molar-refractivity contribution >= 4 is 11.8 Å². The molecule has 2 aliphatic rings. The van der Waals surface area contributed by atoms with E-state index in [-0.39, 0.29) is 0 Å². The minimum atomic E-state index is 0.484. The fourth-order valence-corrected chi connectivity index (χ4v) is 5.47. The van der Waals surface area contributed by atoms with Gasteiger partial charge < -0.3 is 14.6 Å². The van der Waals surface area contributed by atoms with Crippen LogP contribution >= 0.6 is 11.8 Å². The number of hydrogen-bond acceptors (Lipinski definition) is 4. The first-order valence-electron chi connectivity index (χ1n) is 8.72. The molecule has 0 radical (unpaired) electrons. The van der Waals surface area contributed by atoms with Crippen molar-refractivity contribution in [2.75, 3.05) is 19.3 Å². The second kappa shape index (κ2) is 6.45. The van der Waals surface area contributed by atoms with E-state index in [0.29, 0.717) is 23.6 Å². The van der Waals surface area contributed by atoms with E-state index >= 15 is 0 Å². The molecule has 5 heteroatoms. The molecule has 1 aromatic carbocycles. The van der Waals surface area contributed by atoms with Crippen LogP contribution in [0.15, 0.2) is 35.7 Å². The number of nitrogens with zero attached hydrogens (tertiary/aromatic N) is 3. The third-order valence-corrected chi connectivity index (χ3v) is 6.95. The molecule has 0 saturated carbocycles. The lowest BCUT2D eigenvalue weighted by molar-refractivity contribution is 0.0792. The van der Waals surface area contributed by atoms with Gasteiger partial charge in [-0.05, 0) is 55.3 Å². The quantitative estimate of drug-likeness (QED) is 0.870. The first-order valence-corrected chi connectivity index (χ1v) is 9.70. The summed E-state index contributed by atoms with van der Waals surface area (Å²) in [6.45, 7) is 1.16. The van der Waals surface area contributed by atoms with Gasteiger partial charge in [-0.15, -0.1) is 0 Å². The number of imidazole rings is 1. The number of phenols is 1. The zero-order chi connectivity index (χ0) is 16.7. The van der Waals surface area contributed by atoms with Gasteiger partial charge in [-0.3, -0.25) is 0 Å². The summed E-state index contributed by atoms with van der Waals surface area (Å²) in [7, 11) is 4.32. The fourth-order valence-electron chi connectivity index (χ4n) is 4.44. The minimum absolute atomic E-state index is 0.484. The van der Waals surface area contributed by atoms with Crippen molar-refractivity contribution in [1.29, 1.82) is 0 Å². The summed E-state index contributed by atoms with van der Waals surface area (Å²) in [6, 6.07) is 6.61. The Balaban J connectivity index is 1.46. The van der Waals surface area contributed by atoms with Gasteiger partial charge in [0.25, 0.3) is 0 Å². The molecule has 4 nitrogen and oxygen atoms in total. The van der Waals surface area contributed by atoms with Gasteiger partial charge in [-0.25, -0.2) is 4.98 Å². The highest BCUT2D eigenvalue weighted by Crippen LogP contribution is 2.40. The predicted molar refractivity (Wildman–Crippen MR) is 97.5 cm³/mol. The maximum absolute atomic E-state index is 10.2. The summed E-state index contributed by atoms with van der Waals surface area (Å²) in [5.74, 6) is 2.94. The van der Waals surface area contributed by atoms with Crippen molar-refractivity contribution in [3.8, 4) is 5.75 Å².